The smallest absolute Gasteiger partial charge is 0.251 e. The Hall–Kier alpha value is -1.51. The van der Waals surface area contributed by atoms with Gasteiger partial charge in [-0.3, -0.25) is 4.79 Å². The monoisotopic (exact) mass is 276 g/mol. The van der Waals surface area contributed by atoms with Gasteiger partial charge in [0.2, 0.25) is 0 Å². The summed E-state index contributed by atoms with van der Waals surface area (Å²) in [5, 5.41) is 6.29. The number of rotatable bonds is 7. The van der Waals surface area contributed by atoms with Gasteiger partial charge in [0.05, 0.1) is 0 Å². The van der Waals surface area contributed by atoms with Crippen molar-refractivity contribution in [3.8, 4) is 0 Å². The van der Waals surface area contributed by atoms with Crippen LogP contribution in [0.25, 0.3) is 0 Å². The number of amides is 1. The van der Waals surface area contributed by atoms with Gasteiger partial charge in [-0.15, -0.1) is 0 Å². The first-order valence-electron chi connectivity index (χ1n) is 7.61. The van der Waals surface area contributed by atoms with Crippen molar-refractivity contribution in [2.24, 2.45) is 5.92 Å². The van der Waals surface area contributed by atoms with Crippen LogP contribution in [0.4, 0.5) is 5.69 Å². The molecule has 0 saturated carbocycles. The summed E-state index contributed by atoms with van der Waals surface area (Å²) >= 11 is 0. The van der Waals surface area contributed by atoms with Crippen molar-refractivity contribution in [1.29, 1.82) is 0 Å². The molecule has 0 radical (unpaired) electrons. The Morgan fingerprint density at radius 3 is 2.50 bits per heavy atom. The van der Waals surface area contributed by atoms with Crippen LogP contribution in [0.2, 0.25) is 0 Å². The SMILES string of the molecule is CCC(C)CC(CC)Nc1cccc(C(=O)NC)c1C. The van der Waals surface area contributed by atoms with Gasteiger partial charge in [-0.2, -0.15) is 0 Å². The van der Waals surface area contributed by atoms with E-state index in [1.165, 1.54) is 6.42 Å². The lowest BCUT2D eigenvalue weighted by Crippen LogP contribution is -2.23. The second-order valence-corrected chi connectivity index (χ2v) is 5.56. The zero-order valence-corrected chi connectivity index (χ0v) is 13.4. The molecule has 1 aromatic rings. The minimum atomic E-state index is -0.0267. The van der Waals surface area contributed by atoms with Crippen LogP contribution in [0.15, 0.2) is 18.2 Å². The summed E-state index contributed by atoms with van der Waals surface area (Å²) in [4.78, 5) is 11.8. The van der Waals surface area contributed by atoms with Crippen molar-refractivity contribution < 1.29 is 4.79 Å². The highest BCUT2D eigenvalue weighted by Gasteiger charge is 2.14. The van der Waals surface area contributed by atoms with Gasteiger partial charge in [0.15, 0.2) is 0 Å². The van der Waals surface area contributed by atoms with Gasteiger partial charge in [0.1, 0.15) is 0 Å². The van der Waals surface area contributed by atoms with Gasteiger partial charge < -0.3 is 10.6 Å². The molecule has 0 aliphatic carbocycles. The molecule has 0 bridgehead atoms. The summed E-state index contributed by atoms with van der Waals surface area (Å²) in [7, 11) is 1.67. The van der Waals surface area contributed by atoms with Crippen LogP contribution in [-0.2, 0) is 0 Å². The summed E-state index contributed by atoms with van der Waals surface area (Å²) in [6.45, 7) is 8.73. The highest BCUT2D eigenvalue weighted by molar-refractivity contribution is 5.96. The fourth-order valence-electron chi connectivity index (χ4n) is 2.37. The Kier molecular flexibility index (Phi) is 6.56. The molecule has 0 fully saturated rings. The Labute approximate surface area is 123 Å². The summed E-state index contributed by atoms with van der Waals surface area (Å²) in [6.07, 6.45) is 3.46. The molecule has 2 unspecified atom stereocenters. The van der Waals surface area contributed by atoms with Gasteiger partial charge in [0.25, 0.3) is 5.91 Å². The molecule has 0 saturated heterocycles. The Morgan fingerprint density at radius 2 is 1.95 bits per heavy atom. The third-order valence-electron chi connectivity index (χ3n) is 4.04. The van der Waals surface area contributed by atoms with Gasteiger partial charge in [-0.25, -0.2) is 0 Å². The van der Waals surface area contributed by atoms with E-state index < -0.39 is 0 Å². The topological polar surface area (TPSA) is 41.1 Å². The summed E-state index contributed by atoms with van der Waals surface area (Å²) in [6, 6.07) is 6.33. The molecule has 20 heavy (non-hydrogen) atoms. The Morgan fingerprint density at radius 1 is 1.25 bits per heavy atom. The molecule has 1 amide bonds. The lowest BCUT2D eigenvalue weighted by atomic mass is 9.97. The second-order valence-electron chi connectivity index (χ2n) is 5.56. The fraction of sp³-hybridized carbons (Fsp3) is 0.588. The van der Waals surface area contributed by atoms with Crippen LogP contribution in [0.3, 0.4) is 0 Å². The van der Waals surface area contributed by atoms with Crippen molar-refractivity contribution in [3.05, 3.63) is 29.3 Å². The van der Waals surface area contributed by atoms with E-state index in [0.29, 0.717) is 6.04 Å². The van der Waals surface area contributed by atoms with Crippen molar-refractivity contribution in [2.45, 2.75) is 53.0 Å². The lowest BCUT2D eigenvalue weighted by molar-refractivity contribution is 0.0962. The van der Waals surface area contributed by atoms with Crippen LogP contribution in [0.5, 0.6) is 0 Å². The summed E-state index contributed by atoms with van der Waals surface area (Å²) in [5.41, 5.74) is 2.84. The molecule has 2 N–H and O–H groups in total. The average molecular weight is 276 g/mol. The van der Waals surface area contributed by atoms with Crippen molar-refractivity contribution in [2.75, 3.05) is 12.4 Å². The molecule has 0 aliphatic rings. The first-order chi connectivity index (χ1) is 9.53. The van der Waals surface area contributed by atoms with Crippen molar-refractivity contribution in [3.63, 3.8) is 0 Å². The van der Waals surface area contributed by atoms with Crippen molar-refractivity contribution in [1.82, 2.24) is 5.32 Å². The van der Waals surface area contributed by atoms with E-state index in [0.717, 1.165) is 35.6 Å². The van der Waals surface area contributed by atoms with Crippen LogP contribution >= 0.6 is 0 Å². The minimum Gasteiger partial charge on any atom is -0.382 e. The van der Waals surface area contributed by atoms with Crippen LogP contribution in [-0.4, -0.2) is 19.0 Å². The average Bonchev–Trinajstić information content (AvgIpc) is 2.47. The normalized spacial score (nSPS) is 13.7. The number of benzene rings is 1. The highest BCUT2D eigenvalue weighted by atomic mass is 16.1. The molecule has 2 atom stereocenters. The van der Waals surface area contributed by atoms with E-state index in [4.69, 9.17) is 0 Å². The highest BCUT2D eigenvalue weighted by Crippen LogP contribution is 2.23. The quantitative estimate of drug-likeness (QED) is 0.791. The Bertz CT molecular complexity index is 443. The molecular formula is C17H28N2O. The van der Waals surface area contributed by atoms with Gasteiger partial charge in [-0.1, -0.05) is 33.3 Å². The van der Waals surface area contributed by atoms with Gasteiger partial charge in [0, 0.05) is 24.3 Å². The third kappa shape index (κ3) is 4.26. The zero-order valence-electron chi connectivity index (χ0n) is 13.4. The molecule has 3 nitrogen and oxygen atoms in total. The second kappa shape index (κ2) is 7.93. The molecule has 1 aromatic carbocycles. The number of anilines is 1. The van der Waals surface area contributed by atoms with Crippen molar-refractivity contribution >= 4 is 11.6 Å². The number of carbonyl (C=O) groups excluding carboxylic acids is 1. The molecular weight excluding hydrogens is 248 g/mol. The molecule has 1 rings (SSSR count). The minimum absolute atomic E-state index is 0.0267. The molecule has 0 aliphatic heterocycles. The first-order valence-corrected chi connectivity index (χ1v) is 7.61. The molecule has 0 heterocycles. The predicted octanol–water partition coefficient (Wildman–Crippen LogP) is 3.98. The summed E-state index contributed by atoms with van der Waals surface area (Å²) in [5.74, 6) is 0.691. The first kappa shape index (κ1) is 16.5. The maximum Gasteiger partial charge on any atom is 0.251 e. The molecule has 112 valence electrons. The standard InChI is InChI=1S/C17H28N2O/c1-6-12(3)11-14(7-2)19-16-10-8-9-15(13(16)4)17(20)18-5/h8-10,12,14,19H,6-7,11H2,1-5H3,(H,18,20). The van der Waals surface area contributed by atoms with Gasteiger partial charge >= 0.3 is 0 Å². The van der Waals surface area contributed by atoms with Crippen LogP contribution < -0.4 is 10.6 Å². The number of carbonyl (C=O) groups is 1. The van der Waals surface area contributed by atoms with E-state index in [1.807, 2.05) is 19.1 Å². The lowest BCUT2D eigenvalue weighted by Gasteiger charge is -2.23. The van der Waals surface area contributed by atoms with Gasteiger partial charge in [-0.05, 0) is 43.4 Å². The van der Waals surface area contributed by atoms with E-state index in [2.05, 4.69) is 37.5 Å². The van der Waals surface area contributed by atoms with Crippen LogP contribution in [0.1, 0.15) is 56.0 Å². The maximum atomic E-state index is 11.8. The molecule has 3 heteroatoms. The molecule has 0 aromatic heterocycles. The Balaban J connectivity index is 2.88. The maximum absolute atomic E-state index is 11.8. The van der Waals surface area contributed by atoms with E-state index in [-0.39, 0.29) is 5.91 Å². The fourth-order valence-corrected chi connectivity index (χ4v) is 2.37. The zero-order chi connectivity index (χ0) is 15.1. The largest absolute Gasteiger partial charge is 0.382 e. The van der Waals surface area contributed by atoms with E-state index in [1.54, 1.807) is 7.05 Å². The van der Waals surface area contributed by atoms with E-state index >= 15 is 0 Å². The third-order valence-corrected chi connectivity index (χ3v) is 4.04. The molecule has 0 spiro atoms. The summed E-state index contributed by atoms with van der Waals surface area (Å²) < 4.78 is 0. The predicted molar refractivity (Wildman–Crippen MR) is 86.3 cm³/mol. The van der Waals surface area contributed by atoms with E-state index in [9.17, 15) is 4.79 Å². The van der Waals surface area contributed by atoms with Crippen LogP contribution in [0, 0.1) is 12.8 Å². The number of hydrogen-bond acceptors (Lipinski definition) is 2. The number of nitrogens with one attached hydrogen (secondary N) is 2. The number of hydrogen-bond donors (Lipinski definition) is 2.